The Kier molecular flexibility index (Phi) is 6.57. The van der Waals surface area contributed by atoms with Crippen LogP contribution in [0.4, 0.5) is 10.1 Å². The summed E-state index contributed by atoms with van der Waals surface area (Å²) in [4.78, 5) is 6.01. The molecule has 0 spiro atoms. The van der Waals surface area contributed by atoms with Crippen LogP contribution in [0, 0.1) is 11.2 Å². The highest BCUT2D eigenvalue weighted by atomic mass is 19.1. The van der Waals surface area contributed by atoms with Gasteiger partial charge >= 0.3 is 0 Å². The van der Waals surface area contributed by atoms with Crippen LogP contribution in [0.5, 0.6) is 5.75 Å². The van der Waals surface area contributed by atoms with Gasteiger partial charge in [-0.1, -0.05) is 12.1 Å². The van der Waals surface area contributed by atoms with E-state index < -0.39 is 0 Å². The third kappa shape index (κ3) is 5.39. The minimum absolute atomic E-state index is 0.360. The van der Waals surface area contributed by atoms with Crippen molar-refractivity contribution in [2.45, 2.75) is 6.42 Å². The number of pyridine rings is 1. The van der Waals surface area contributed by atoms with Gasteiger partial charge in [-0.3, -0.25) is 4.98 Å². The molecule has 0 saturated carbocycles. The first-order valence-electron chi connectivity index (χ1n) is 9.37. The van der Waals surface area contributed by atoms with Crippen molar-refractivity contribution in [3.8, 4) is 16.9 Å². The van der Waals surface area contributed by atoms with E-state index in [1.807, 2.05) is 43.3 Å². The highest BCUT2D eigenvalue weighted by Gasteiger charge is 2.13. The summed E-state index contributed by atoms with van der Waals surface area (Å²) in [6.45, 7) is 0.881. The molecule has 0 aliphatic carbocycles. The first-order valence-corrected chi connectivity index (χ1v) is 9.37. The Balaban J connectivity index is 1.85. The molecule has 3 N–H and O–H groups in total. The number of rotatable bonds is 8. The number of aromatic nitrogens is 1. The van der Waals surface area contributed by atoms with Gasteiger partial charge in [-0.15, -0.1) is 0 Å². The number of nitrogen functional groups attached to an aromatic ring is 1. The molecule has 0 aliphatic rings. The maximum Gasteiger partial charge on any atom is 0.130 e. The van der Waals surface area contributed by atoms with Crippen LogP contribution >= 0.6 is 0 Å². The van der Waals surface area contributed by atoms with E-state index in [-0.39, 0.29) is 5.82 Å². The highest BCUT2D eigenvalue weighted by Crippen LogP contribution is 2.33. The molecule has 0 unspecified atom stereocenters. The van der Waals surface area contributed by atoms with E-state index in [1.165, 1.54) is 12.1 Å². The van der Waals surface area contributed by atoms with Crippen molar-refractivity contribution in [3.63, 3.8) is 0 Å². The lowest BCUT2D eigenvalue weighted by molar-refractivity contribution is 0.321. The molecule has 0 bridgehead atoms. The molecule has 29 heavy (non-hydrogen) atoms. The van der Waals surface area contributed by atoms with Crippen molar-refractivity contribution in [1.82, 2.24) is 9.88 Å². The zero-order chi connectivity index (χ0) is 20.8. The molecule has 0 aliphatic heterocycles. The Labute approximate surface area is 170 Å². The summed E-state index contributed by atoms with van der Waals surface area (Å²) in [5, 5.41) is 8.34. The zero-order valence-electron chi connectivity index (χ0n) is 16.7. The molecule has 0 fully saturated rings. The van der Waals surface area contributed by atoms with Gasteiger partial charge in [-0.25, -0.2) is 4.39 Å². The Hall–Kier alpha value is -3.25. The van der Waals surface area contributed by atoms with E-state index in [9.17, 15) is 4.39 Å². The molecular weight excluding hydrogens is 367 g/mol. The van der Waals surface area contributed by atoms with Crippen molar-refractivity contribution < 1.29 is 9.13 Å². The van der Waals surface area contributed by atoms with Crippen LogP contribution in [0.15, 0.2) is 60.9 Å². The lowest BCUT2D eigenvalue weighted by atomic mass is 9.98. The quantitative estimate of drug-likeness (QED) is 0.448. The van der Waals surface area contributed by atoms with Crippen LogP contribution in [-0.2, 0) is 6.42 Å². The van der Waals surface area contributed by atoms with Gasteiger partial charge in [-0.05, 0) is 55.6 Å². The fourth-order valence-corrected chi connectivity index (χ4v) is 3.07. The van der Waals surface area contributed by atoms with Crippen LogP contribution in [0.1, 0.15) is 11.1 Å². The van der Waals surface area contributed by atoms with Gasteiger partial charge in [0.1, 0.15) is 11.6 Å². The molecule has 0 saturated heterocycles. The predicted octanol–water partition coefficient (Wildman–Crippen LogP) is 4.02. The molecule has 150 valence electrons. The van der Waals surface area contributed by atoms with Gasteiger partial charge in [0.2, 0.25) is 0 Å². The smallest absolute Gasteiger partial charge is 0.130 e. The second-order valence-corrected chi connectivity index (χ2v) is 7.12. The summed E-state index contributed by atoms with van der Waals surface area (Å²) >= 11 is 0. The fourth-order valence-electron chi connectivity index (χ4n) is 3.07. The van der Waals surface area contributed by atoms with Crippen LogP contribution < -0.4 is 10.5 Å². The summed E-state index contributed by atoms with van der Waals surface area (Å²) in [6, 6.07) is 13.8. The van der Waals surface area contributed by atoms with E-state index in [2.05, 4.69) is 4.98 Å². The Bertz CT molecular complexity index is 989. The molecule has 0 atom stereocenters. The van der Waals surface area contributed by atoms with Crippen LogP contribution in [0.25, 0.3) is 11.1 Å². The molecule has 2 aromatic carbocycles. The lowest BCUT2D eigenvalue weighted by Gasteiger charge is -2.16. The number of halogens is 1. The van der Waals surface area contributed by atoms with Gasteiger partial charge in [0.15, 0.2) is 0 Å². The van der Waals surface area contributed by atoms with E-state index in [1.54, 1.807) is 24.5 Å². The number of hydrogen-bond acceptors (Lipinski definition) is 5. The molecule has 0 amide bonds. The number of likely N-dealkylation sites (N-methyl/N-ethyl adjacent to an activating group) is 1. The number of nitrogens with two attached hydrogens (primary N) is 1. The SMILES string of the molecule is CN(C)CC(=N)c1cc(-c2ccc(F)cc2OCCc2cccnc2)ccc1N. The van der Waals surface area contributed by atoms with Crippen molar-refractivity contribution >= 4 is 11.4 Å². The number of nitrogens with one attached hydrogen (secondary N) is 1. The third-order valence-corrected chi connectivity index (χ3v) is 4.48. The molecule has 3 rings (SSSR count). The predicted molar refractivity (Wildman–Crippen MR) is 115 cm³/mol. The normalized spacial score (nSPS) is 10.9. The maximum atomic E-state index is 13.9. The molecule has 5 nitrogen and oxygen atoms in total. The first kappa shape index (κ1) is 20.5. The number of benzene rings is 2. The minimum atomic E-state index is -0.360. The molecule has 0 radical (unpaired) electrons. The summed E-state index contributed by atoms with van der Waals surface area (Å²) in [5.41, 5.74) is 10.4. The highest BCUT2D eigenvalue weighted by molar-refractivity contribution is 6.05. The van der Waals surface area contributed by atoms with Crippen LogP contribution in [0.3, 0.4) is 0 Å². The lowest BCUT2D eigenvalue weighted by Crippen LogP contribution is -2.22. The summed E-state index contributed by atoms with van der Waals surface area (Å²) in [5.74, 6) is 0.102. The van der Waals surface area contributed by atoms with Crippen molar-refractivity contribution in [2.24, 2.45) is 0 Å². The Morgan fingerprint density at radius 1 is 1.17 bits per heavy atom. The molecule has 3 aromatic rings. The Morgan fingerprint density at radius 3 is 2.72 bits per heavy atom. The average Bonchev–Trinajstić information content (AvgIpc) is 2.69. The summed E-state index contributed by atoms with van der Waals surface area (Å²) in [6.07, 6.45) is 4.18. The average molecular weight is 392 g/mol. The van der Waals surface area contributed by atoms with Gasteiger partial charge in [0.05, 0.1) is 12.3 Å². The fraction of sp³-hybridized carbons (Fsp3) is 0.217. The zero-order valence-corrected chi connectivity index (χ0v) is 16.7. The number of hydrogen-bond donors (Lipinski definition) is 2. The van der Waals surface area contributed by atoms with Gasteiger partial charge in [0.25, 0.3) is 0 Å². The maximum absolute atomic E-state index is 13.9. The second kappa shape index (κ2) is 9.30. The number of nitrogens with zero attached hydrogens (tertiary/aromatic N) is 2. The monoisotopic (exact) mass is 392 g/mol. The van der Waals surface area contributed by atoms with Gasteiger partial charge < -0.3 is 20.8 Å². The van der Waals surface area contributed by atoms with E-state index in [0.29, 0.717) is 42.3 Å². The van der Waals surface area contributed by atoms with E-state index >= 15 is 0 Å². The third-order valence-electron chi connectivity index (χ3n) is 4.48. The van der Waals surface area contributed by atoms with E-state index in [0.717, 1.165) is 16.7 Å². The first-order chi connectivity index (χ1) is 13.9. The molecular formula is C23H25FN4O. The molecule has 1 heterocycles. The van der Waals surface area contributed by atoms with Crippen LogP contribution in [0.2, 0.25) is 0 Å². The standard InChI is InChI=1S/C23H25FN4O/c1-28(2)15-22(26)20-12-17(5-8-21(20)25)19-7-6-18(24)13-23(19)29-11-9-16-4-3-10-27-14-16/h3-8,10,12-14,26H,9,11,15,25H2,1-2H3. The van der Waals surface area contributed by atoms with E-state index in [4.69, 9.17) is 15.9 Å². The number of ether oxygens (including phenoxy) is 1. The molecule has 1 aromatic heterocycles. The van der Waals surface area contributed by atoms with Gasteiger partial charge in [0, 0.05) is 48.2 Å². The van der Waals surface area contributed by atoms with Gasteiger partial charge in [-0.2, -0.15) is 0 Å². The molecule has 6 heteroatoms. The largest absolute Gasteiger partial charge is 0.492 e. The minimum Gasteiger partial charge on any atom is -0.492 e. The number of anilines is 1. The second-order valence-electron chi connectivity index (χ2n) is 7.12. The van der Waals surface area contributed by atoms with Crippen molar-refractivity contribution in [2.75, 3.05) is 33.0 Å². The summed E-state index contributed by atoms with van der Waals surface area (Å²) in [7, 11) is 3.81. The van der Waals surface area contributed by atoms with Crippen molar-refractivity contribution in [1.29, 1.82) is 5.41 Å². The van der Waals surface area contributed by atoms with Crippen molar-refractivity contribution in [3.05, 3.63) is 77.9 Å². The topological polar surface area (TPSA) is 75.2 Å². The summed E-state index contributed by atoms with van der Waals surface area (Å²) < 4.78 is 19.8. The Morgan fingerprint density at radius 2 is 2.00 bits per heavy atom. The van der Waals surface area contributed by atoms with Crippen LogP contribution in [-0.4, -0.2) is 42.8 Å².